The predicted octanol–water partition coefficient (Wildman–Crippen LogP) is 1.20. The molecule has 0 heterocycles. The van der Waals surface area contributed by atoms with Crippen molar-refractivity contribution in [2.45, 2.75) is 11.3 Å². The number of carboxylic acid groups (broad SMARTS) is 1. The predicted molar refractivity (Wildman–Crippen MR) is 51.1 cm³/mol. The van der Waals surface area contributed by atoms with Crippen LogP contribution in [-0.2, 0) is 20.1 Å². The standard InChI is InChI=1S/C9H10O4S/c10-9(11)6-7-13-14(12)8-4-2-1-3-5-8/h1-5H,6-7H2,(H,10,11). The van der Waals surface area contributed by atoms with Crippen molar-refractivity contribution in [1.29, 1.82) is 0 Å². The molecule has 0 aliphatic rings. The summed E-state index contributed by atoms with van der Waals surface area (Å²) in [5, 5.41) is 8.32. The number of aliphatic carboxylic acids is 1. The molecule has 0 aliphatic carbocycles. The molecule has 1 N–H and O–H groups in total. The Balaban J connectivity index is 2.40. The molecule has 0 radical (unpaired) electrons. The minimum Gasteiger partial charge on any atom is -0.481 e. The summed E-state index contributed by atoms with van der Waals surface area (Å²) >= 11 is -1.56. The van der Waals surface area contributed by atoms with E-state index in [1.807, 2.05) is 0 Å². The van der Waals surface area contributed by atoms with Crippen LogP contribution in [0.1, 0.15) is 6.42 Å². The van der Waals surface area contributed by atoms with Gasteiger partial charge in [0.1, 0.15) is 0 Å². The smallest absolute Gasteiger partial charge is 0.305 e. The first kappa shape index (κ1) is 10.9. The minimum absolute atomic E-state index is 0.0448. The largest absolute Gasteiger partial charge is 0.481 e. The zero-order valence-corrected chi connectivity index (χ0v) is 8.20. The fraction of sp³-hybridized carbons (Fsp3) is 0.222. The topological polar surface area (TPSA) is 63.6 Å². The van der Waals surface area contributed by atoms with Crippen molar-refractivity contribution in [2.24, 2.45) is 0 Å². The van der Waals surface area contributed by atoms with Crippen LogP contribution >= 0.6 is 0 Å². The van der Waals surface area contributed by atoms with E-state index in [0.717, 1.165) is 0 Å². The van der Waals surface area contributed by atoms with Gasteiger partial charge in [-0.3, -0.25) is 8.98 Å². The van der Waals surface area contributed by atoms with Crippen LogP contribution in [0, 0.1) is 0 Å². The molecule has 0 fully saturated rings. The molecular formula is C9H10O4S. The fourth-order valence-corrected chi connectivity index (χ4v) is 1.55. The van der Waals surface area contributed by atoms with E-state index in [4.69, 9.17) is 9.29 Å². The van der Waals surface area contributed by atoms with Crippen molar-refractivity contribution in [1.82, 2.24) is 0 Å². The highest BCUT2D eigenvalue weighted by Crippen LogP contribution is 2.06. The van der Waals surface area contributed by atoms with Crippen LogP contribution in [0.15, 0.2) is 35.2 Å². The molecule has 76 valence electrons. The number of hydrogen-bond acceptors (Lipinski definition) is 3. The molecule has 1 rings (SSSR count). The van der Waals surface area contributed by atoms with Gasteiger partial charge in [0.25, 0.3) is 0 Å². The van der Waals surface area contributed by atoms with E-state index in [-0.39, 0.29) is 13.0 Å². The molecule has 1 aromatic rings. The zero-order chi connectivity index (χ0) is 10.4. The molecule has 0 spiro atoms. The lowest BCUT2D eigenvalue weighted by atomic mass is 10.4. The first-order chi connectivity index (χ1) is 6.70. The normalized spacial score (nSPS) is 12.3. The summed E-state index contributed by atoms with van der Waals surface area (Å²) in [6.07, 6.45) is -0.140. The van der Waals surface area contributed by atoms with Crippen molar-refractivity contribution >= 4 is 17.0 Å². The fourth-order valence-electron chi connectivity index (χ4n) is 0.804. The lowest BCUT2D eigenvalue weighted by Gasteiger charge is -2.00. The molecule has 0 saturated heterocycles. The van der Waals surface area contributed by atoms with Crippen LogP contribution in [0.25, 0.3) is 0 Å². The molecule has 0 saturated carbocycles. The average Bonchev–Trinajstić information content (AvgIpc) is 2.18. The highest BCUT2D eigenvalue weighted by Gasteiger charge is 2.04. The van der Waals surface area contributed by atoms with E-state index in [1.54, 1.807) is 30.3 Å². The summed E-state index contributed by atoms with van der Waals surface area (Å²) < 4.78 is 16.2. The van der Waals surface area contributed by atoms with Gasteiger partial charge in [-0.05, 0) is 12.1 Å². The number of hydrogen-bond donors (Lipinski definition) is 1. The molecule has 0 aliphatic heterocycles. The van der Waals surface area contributed by atoms with Gasteiger partial charge >= 0.3 is 5.97 Å². The second-order valence-electron chi connectivity index (χ2n) is 2.51. The maximum atomic E-state index is 11.3. The van der Waals surface area contributed by atoms with Gasteiger partial charge in [-0.2, -0.15) is 0 Å². The van der Waals surface area contributed by atoms with E-state index in [2.05, 4.69) is 0 Å². The van der Waals surface area contributed by atoms with E-state index < -0.39 is 17.0 Å². The van der Waals surface area contributed by atoms with Gasteiger partial charge in [0.2, 0.25) is 0 Å². The lowest BCUT2D eigenvalue weighted by molar-refractivity contribution is -0.137. The Kier molecular flexibility index (Phi) is 4.28. The third kappa shape index (κ3) is 3.68. The van der Waals surface area contributed by atoms with Gasteiger partial charge in [-0.15, -0.1) is 0 Å². The molecule has 1 aromatic carbocycles. The number of rotatable bonds is 5. The van der Waals surface area contributed by atoms with E-state index >= 15 is 0 Å². The Morgan fingerprint density at radius 2 is 2.00 bits per heavy atom. The van der Waals surface area contributed by atoms with E-state index in [0.29, 0.717) is 4.90 Å². The Labute approximate surface area is 84.2 Å². The molecule has 0 aromatic heterocycles. The van der Waals surface area contributed by atoms with Gasteiger partial charge in [-0.1, -0.05) is 18.2 Å². The van der Waals surface area contributed by atoms with Crippen LogP contribution < -0.4 is 0 Å². The summed E-state index contributed by atoms with van der Waals surface area (Å²) in [5.74, 6) is -0.963. The van der Waals surface area contributed by atoms with Crippen LogP contribution in [0.4, 0.5) is 0 Å². The molecule has 0 amide bonds. The van der Waals surface area contributed by atoms with Crippen LogP contribution in [0.3, 0.4) is 0 Å². The van der Waals surface area contributed by atoms with Crippen molar-refractivity contribution < 1.29 is 18.3 Å². The van der Waals surface area contributed by atoms with Crippen molar-refractivity contribution in [3.05, 3.63) is 30.3 Å². The second kappa shape index (κ2) is 5.51. The molecule has 1 atom stereocenters. The molecule has 4 nitrogen and oxygen atoms in total. The van der Waals surface area contributed by atoms with Crippen molar-refractivity contribution in [2.75, 3.05) is 6.61 Å². The third-order valence-corrected chi connectivity index (χ3v) is 2.48. The molecule has 1 unspecified atom stereocenters. The second-order valence-corrected chi connectivity index (χ2v) is 3.69. The number of benzene rings is 1. The van der Waals surface area contributed by atoms with Crippen molar-refractivity contribution in [3.8, 4) is 0 Å². The Morgan fingerprint density at radius 1 is 1.36 bits per heavy atom. The monoisotopic (exact) mass is 214 g/mol. The van der Waals surface area contributed by atoms with Crippen LogP contribution in [-0.4, -0.2) is 21.9 Å². The number of carbonyl (C=O) groups is 1. The Morgan fingerprint density at radius 3 is 2.57 bits per heavy atom. The van der Waals surface area contributed by atoms with E-state index in [1.165, 1.54) is 0 Å². The maximum Gasteiger partial charge on any atom is 0.305 e. The minimum atomic E-state index is -1.56. The average molecular weight is 214 g/mol. The van der Waals surface area contributed by atoms with Crippen molar-refractivity contribution in [3.63, 3.8) is 0 Å². The Hall–Kier alpha value is -1.20. The van der Waals surface area contributed by atoms with Crippen LogP contribution in [0.2, 0.25) is 0 Å². The van der Waals surface area contributed by atoms with E-state index in [9.17, 15) is 9.00 Å². The first-order valence-corrected chi connectivity index (χ1v) is 5.09. The van der Waals surface area contributed by atoms with Gasteiger partial charge in [-0.25, -0.2) is 4.21 Å². The molecule has 5 heteroatoms. The highest BCUT2D eigenvalue weighted by molar-refractivity contribution is 7.80. The summed E-state index contributed by atoms with van der Waals surface area (Å²) in [6.45, 7) is -0.0448. The number of carboxylic acids is 1. The maximum absolute atomic E-state index is 11.3. The van der Waals surface area contributed by atoms with Crippen LogP contribution in [0.5, 0.6) is 0 Å². The third-order valence-electron chi connectivity index (χ3n) is 1.44. The zero-order valence-electron chi connectivity index (χ0n) is 7.38. The highest BCUT2D eigenvalue weighted by atomic mass is 32.2. The lowest BCUT2D eigenvalue weighted by Crippen LogP contribution is -2.05. The summed E-state index contributed by atoms with van der Waals surface area (Å²) in [4.78, 5) is 10.7. The van der Waals surface area contributed by atoms with Gasteiger partial charge in [0.05, 0.1) is 17.9 Å². The first-order valence-electron chi connectivity index (χ1n) is 4.02. The molecule has 0 bridgehead atoms. The molecular weight excluding hydrogens is 204 g/mol. The van der Waals surface area contributed by atoms with Gasteiger partial charge in [0, 0.05) is 0 Å². The van der Waals surface area contributed by atoms with Gasteiger partial charge < -0.3 is 5.11 Å². The Bertz CT molecular complexity index is 323. The quantitative estimate of drug-likeness (QED) is 0.800. The summed E-state index contributed by atoms with van der Waals surface area (Å²) in [6, 6.07) is 8.62. The SMILES string of the molecule is O=C(O)CCOS(=O)c1ccccc1. The van der Waals surface area contributed by atoms with Gasteiger partial charge in [0.15, 0.2) is 11.1 Å². The molecule has 14 heavy (non-hydrogen) atoms. The summed E-state index contributed by atoms with van der Waals surface area (Å²) in [5.41, 5.74) is 0. The summed E-state index contributed by atoms with van der Waals surface area (Å²) in [7, 11) is 0.